The van der Waals surface area contributed by atoms with Crippen LogP contribution in [0.1, 0.15) is 31.3 Å². The minimum absolute atomic E-state index is 0.0347. The van der Waals surface area contributed by atoms with Gasteiger partial charge in [0.15, 0.2) is 0 Å². The highest BCUT2D eigenvalue weighted by Crippen LogP contribution is 2.16. The first-order chi connectivity index (χ1) is 6.70. The van der Waals surface area contributed by atoms with Gasteiger partial charge in [0.05, 0.1) is 17.1 Å². The number of rotatable bonds is 2. The Kier molecular flexibility index (Phi) is 2.25. The summed E-state index contributed by atoms with van der Waals surface area (Å²) >= 11 is 0. The molecule has 0 aliphatic heterocycles. The third-order valence-corrected chi connectivity index (χ3v) is 2.40. The van der Waals surface area contributed by atoms with Crippen molar-refractivity contribution in [2.75, 3.05) is 0 Å². The van der Waals surface area contributed by atoms with Crippen LogP contribution in [0.5, 0.6) is 0 Å². The van der Waals surface area contributed by atoms with Gasteiger partial charge in [-0.05, 0) is 31.0 Å². The predicted octanol–water partition coefficient (Wildman–Crippen LogP) is 2.14. The molecule has 0 bridgehead atoms. The summed E-state index contributed by atoms with van der Waals surface area (Å²) in [5.41, 5.74) is 9.15. The molecule has 0 saturated carbocycles. The van der Waals surface area contributed by atoms with E-state index in [2.05, 4.69) is 29.0 Å². The molecule has 3 heteroatoms. The van der Waals surface area contributed by atoms with Crippen molar-refractivity contribution >= 4 is 11.0 Å². The van der Waals surface area contributed by atoms with Crippen LogP contribution in [0.25, 0.3) is 11.0 Å². The summed E-state index contributed by atoms with van der Waals surface area (Å²) in [5, 5.41) is 0. The molecular formula is C11H15N3. The van der Waals surface area contributed by atoms with Crippen molar-refractivity contribution < 1.29 is 0 Å². The number of nitrogens with zero attached hydrogens (tertiary/aromatic N) is 1. The van der Waals surface area contributed by atoms with E-state index in [4.69, 9.17) is 5.73 Å². The number of nitrogens with two attached hydrogens (primary N) is 1. The Morgan fingerprint density at radius 1 is 1.50 bits per heavy atom. The lowest BCUT2D eigenvalue weighted by Gasteiger charge is -1.96. The molecule has 1 aromatic carbocycles. The molecule has 2 aromatic rings. The summed E-state index contributed by atoms with van der Waals surface area (Å²) in [5.74, 6) is 0.855. The predicted molar refractivity (Wildman–Crippen MR) is 58.1 cm³/mol. The van der Waals surface area contributed by atoms with Gasteiger partial charge in [-0.25, -0.2) is 4.98 Å². The van der Waals surface area contributed by atoms with Gasteiger partial charge in [-0.15, -0.1) is 0 Å². The fraction of sp³-hybridized carbons (Fsp3) is 0.364. The summed E-state index contributed by atoms with van der Waals surface area (Å²) in [4.78, 5) is 7.64. The van der Waals surface area contributed by atoms with Gasteiger partial charge in [-0.3, -0.25) is 0 Å². The highest BCUT2D eigenvalue weighted by Gasteiger charge is 2.06. The normalized spacial score (nSPS) is 13.4. The van der Waals surface area contributed by atoms with Gasteiger partial charge in [0, 0.05) is 0 Å². The number of hydrogen-bond acceptors (Lipinski definition) is 2. The largest absolute Gasteiger partial charge is 0.341 e. The Morgan fingerprint density at radius 3 is 2.93 bits per heavy atom. The number of benzene rings is 1. The van der Waals surface area contributed by atoms with E-state index in [9.17, 15) is 0 Å². The second-order valence-electron chi connectivity index (χ2n) is 3.62. The molecule has 1 heterocycles. The molecule has 0 aliphatic carbocycles. The maximum absolute atomic E-state index is 5.75. The molecule has 14 heavy (non-hydrogen) atoms. The van der Waals surface area contributed by atoms with Gasteiger partial charge >= 0.3 is 0 Å². The van der Waals surface area contributed by atoms with Gasteiger partial charge < -0.3 is 10.7 Å². The van der Waals surface area contributed by atoms with E-state index in [1.165, 1.54) is 5.56 Å². The summed E-state index contributed by atoms with van der Waals surface area (Å²) < 4.78 is 0. The van der Waals surface area contributed by atoms with E-state index in [1.807, 2.05) is 13.0 Å². The van der Waals surface area contributed by atoms with Gasteiger partial charge in [0.25, 0.3) is 0 Å². The van der Waals surface area contributed by atoms with Crippen LogP contribution in [0.15, 0.2) is 18.2 Å². The number of nitrogens with one attached hydrogen (secondary N) is 1. The third kappa shape index (κ3) is 1.51. The first-order valence-corrected chi connectivity index (χ1v) is 4.95. The highest BCUT2D eigenvalue weighted by molar-refractivity contribution is 5.75. The number of aromatic amines is 1. The van der Waals surface area contributed by atoms with Crippen LogP contribution in [0.3, 0.4) is 0 Å². The Morgan fingerprint density at radius 2 is 2.29 bits per heavy atom. The lowest BCUT2D eigenvalue weighted by molar-refractivity contribution is 0.760. The zero-order valence-corrected chi connectivity index (χ0v) is 8.54. The minimum atomic E-state index is -0.0347. The Hall–Kier alpha value is -1.35. The minimum Gasteiger partial charge on any atom is -0.341 e. The standard InChI is InChI=1S/C11H15N3/c1-3-8-4-5-9-10(6-8)14-11(13-9)7(2)12/h4-7H,3,12H2,1-2H3,(H,13,14). The van der Waals surface area contributed by atoms with E-state index in [0.29, 0.717) is 0 Å². The lowest BCUT2D eigenvalue weighted by atomic mass is 10.1. The summed E-state index contributed by atoms with van der Waals surface area (Å²) in [6.07, 6.45) is 1.04. The molecule has 3 N–H and O–H groups in total. The van der Waals surface area contributed by atoms with E-state index in [-0.39, 0.29) is 6.04 Å². The zero-order chi connectivity index (χ0) is 10.1. The van der Waals surface area contributed by atoms with Crippen molar-refractivity contribution in [2.24, 2.45) is 5.73 Å². The van der Waals surface area contributed by atoms with Crippen LogP contribution in [0.4, 0.5) is 0 Å². The van der Waals surface area contributed by atoms with Crippen molar-refractivity contribution in [1.29, 1.82) is 0 Å². The molecule has 0 saturated heterocycles. The first-order valence-electron chi connectivity index (χ1n) is 4.95. The van der Waals surface area contributed by atoms with Crippen LogP contribution in [0.2, 0.25) is 0 Å². The van der Waals surface area contributed by atoms with E-state index < -0.39 is 0 Å². The van der Waals surface area contributed by atoms with Crippen LogP contribution in [-0.2, 0) is 6.42 Å². The molecule has 74 valence electrons. The number of hydrogen-bond donors (Lipinski definition) is 2. The van der Waals surface area contributed by atoms with Gasteiger partial charge in [-0.1, -0.05) is 13.0 Å². The lowest BCUT2D eigenvalue weighted by Crippen LogP contribution is -2.06. The second-order valence-corrected chi connectivity index (χ2v) is 3.62. The number of aryl methyl sites for hydroxylation is 1. The van der Waals surface area contributed by atoms with E-state index >= 15 is 0 Å². The van der Waals surface area contributed by atoms with Crippen LogP contribution >= 0.6 is 0 Å². The Bertz CT molecular complexity index is 443. The number of H-pyrrole nitrogens is 1. The van der Waals surface area contributed by atoms with Gasteiger partial charge in [0.1, 0.15) is 5.82 Å². The smallest absolute Gasteiger partial charge is 0.123 e. The average Bonchev–Trinajstić information content (AvgIpc) is 2.59. The monoisotopic (exact) mass is 189 g/mol. The number of imidazole rings is 1. The molecule has 0 fully saturated rings. The van der Waals surface area contributed by atoms with Crippen molar-refractivity contribution in [1.82, 2.24) is 9.97 Å². The number of fused-ring (bicyclic) bond motifs is 1. The Labute approximate surface area is 83.3 Å². The van der Waals surface area contributed by atoms with Crippen LogP contribution in [0, 0.1) is 0 Å². The fourth-order valence-corrected chi connectivity index (χ4v) is 1.51. The maximum atomic E-state index is 5.75. The average molecular weight is 189 g/mol. The van der Waals surface area contributed by atoms with Crippen molar-refractivity contribution in [3.63, 3.8) is 0 Å². The summed E-state index contributed by atoms with van der Waals surface area (Å²) in [6.45, 7) is 4.07. The van der Waals surface area contributed by atoms with Crippen molar-refractivity contribution in [3.8, 4) is 0 Å². The molecule has 1 aromatic heterocycles. The van der Waals surface area contributed by atoms with Crippen LogP contribution < -0.4 is 5.73 Å². The quantitative estimate of drug-likeness (QED) is 0.760. The Balaban J connectivity index is 2.54. The molecule has 2 rings (SSSR count). The topological polar surface area (TPSA) is 54.7 Å². The fourth-order valence-electron chi connectivity index (χ4n) is 1.51. The molecule has 1 unspecified atom stereocenters. The van der Waals surface area contributed by atoms with Crippen molar-refractivity contribution in [2.45, 2.75) is 26.3 Å². The SMILES string of the molecule is CCc1ccc2nc(C(C)N)[nH]c2c1. The first kappa shape index (κ1) is 9.21. The van der Waals surface area contributed by atoms with E-state index in [0.717, 1.165) is 23.3 Å². The molecule has 0 spiro atoms. The molecule has 0 aliphatic rings. The third-order valence-electron chi connectivity index (χ3n) is 2.40. The maximum Gasteiger partial charge on any atom is 0.123 e. The van der Waals surface area contributed by atoms with Gasteiger partial charge in [0.2, 0.25) is 0 Å². The molecule has 3 nitrogen and oxygen atoms in total. The summed E-state index contributed by atoms with van der Waals surface area (Å²) in [6, 6.07) is 6.24. The van der Waals surface area contributed by atoms with E-state index in [1.54, 1.807) is 0 Å². The molecule has 0 radical (unpaired) electrons. The van der Waals surface area contributed by atoms with Crippen LogP contribution in [-0.4, -0.2) is 9.97 Å². The molecule has 0 amide bonds. The van der Waals surface area contributed by atoms with Crippen molar-refractivity contribution in [3.05, 3.63) is 29.6 Å². The number of aromatic nitrogens is 2. The second kappa shape index (κ2) is 3.42. The zero-order valence-electron chi connectivity index (χ0n) is 8.54. The highest BCUT2D eigenvalue weighted by atomic mass is 15.0. The summed E-state index contributed by atoms with van der Waals surface area (Å²) in [7, 11) is 0. The molecule has 1 atom stereocenters. The van der Waals surface area contributed by atoms with Gasteiger partial charge in [-0.2, -0.15) is 0 Å². The molecular weight excluding hydrogens is 174 g/mol.